The zero-order chi connectivity index (χ0) is 30.9. The molecule has 0 radical (unpaired) electrons. The van der Waals surface area contributed by atoms with Crippen molar-refractivity contribution in [3.05, 3.63) is 55.6 Å². The molecule has 42 heavy (non-hydrogen) atoms. The third kappa shape index (κ3) is 8.56. The predicted molar refractivity (Wildman–Crippen MR) is 164 cm³/mol. The van der Waals surface area contributed by atoms with Crippen LogP contribution in [0.3, 0.4) is 0 Å². The van der Waals surface area contributed by atoms with E-state index in [0.29, 0.717) is 55.3 Å². The number of rotatable bonds is 8. The number of nitrogens with one attached hydrogen (secondary N) is 3. The van der Waals surface area contributed by atoms with Gasteiger partial charge in [0.15, 0.2) is 5.57 Å². The first-order valence-corrected chi connectivity index (χ1v) is 14.6. The number of amides is 3. The maximum Gasteiger partial charge on any atom is 0.277 e. The number of anilines is 2. The molecular formula is C30H37N7O4S. The van der Waals surface area contributed by atoms with Gasteiger partial charge in [0.05, 0.1) is 6.54 Å². The van der Waals surface area contributed by atoms with Gasteiger partial charge in [-0.15, -0.1) is 0 Å². The molecule has 0 saturated carbocycles. The lowest BCUT2D eigenvalue weighted by Crippen LogP contribution is -2.52. The summed E-state index contributed by atoms with van der Waals surface area (Å²) in [5, 5.41) is 17.9. The van der Waals surface area contributed by atoms with Crippen molar-refractivity contribution in [3.63, 3.8) is 0 Å². The van der Waals surface area contributed by atoms with Crippen LogP contribution in [0.15, 0.2) is 40.8 Å². The quantitative estimate of drug-likeness (QED) is 0.308. The Bertz CT molecular complexity index is 1620. The summed E-state index contributed by atoms with van der Waals surface area (Å²) in [6.07, 6.45) is 1.50. The van der Waals surface area contributed by atoms with Crippen LogP contribution in [0.5, 0.6) is 0 Å². The van der Waals surface area contributed by atoms with Crippen LogP contribution >= 0.6 is 11.3 Å². The van der Waals surface area contributed by atoms with Crippen LogP contribution in [0, 0.1) is 16.7 Å². The fraction of sp³-hybridized carbons (Fsp3) is 0.433. The Labute approximate surface area is 249 Å². The number of hydrogen-bond acceptors (Lipinski definition) is 8. The highest BCUT2D eigenvalue weighted by atomic mass is 32.1. The van der Waals surface area contributed by atoms with Crippen molar-refractivity contribution in [2.45, 2.75) is 41.2 Å². The Hall–Kier alpha value is -4.39. The lowest BCUT2D eigenvalue weighted by atomic mass is 9.94. The molecule has 0 unspecified atom stereocenters. The van der Waals surface area contributed by atoms with Crippen LogP contribution in [0.4, 0.5) is 11.4 Å². The first kappa shape index (κ1) is 32.1. The molecule has 2 aromatic rings. The standard InChI is InChI=1S/C30H37N7O4S/c1-6-32-27(39)21(19-31)17-26-37(7-2)28(40)24(42-26)11-12-33-22-9-8-10-23(18-22)34-25(38)20-35-13-15-36(16-14-35)29(41)30(3,4)5/h8-10,12,18,33H,6-7,13-16,20H2,1-5H3,(H,32,39)(H,34,38). The lowest BCUT2D eigenvalue weighted by molar-refractivity contribution is -0.141. The molecule has 1 saturated heterocycles. The van der Waals surface area contributed by atoms with Gasteiger partial charge in [-0.3, -0.25) is 28.6 Å². The van der Waals surface area contributed by atoms with Gasteiger partial charge in [-0.1, -0.05) is 49.6 Å². The number of nitriles is 1. The van der Waals surface area contributed by atoms with Crippen LogP contribution in [0.25, 0.3) is 11.5 Å². The molecule has 3 rings (SSSR count). The van der Waals surface area contributed by atoms with Gasteiger partial charge in [0.1, 0.15) is 15.3 Å². The summed E-state index contributed by atoms with van der Waals surface area (Å²) in [4.78, 5) is 53.9. The van der Waals surface area contributed by atoms with Crippen molar-refractivity contribution in [2.24, 2.45) is 5.41 Å². The normalized spacial score (nSPS) is 13.3. The second-order valence-electron chi connectivity index (χ2n) is 10.6. The fourth-order valence-corrected chi connectivity index (χ4v) is 5.22. The van der Waals surface area contributed by atoms with Crippen LogP contribution in [0.2, 0.25) is 0 Å². The number of thiazole rings is 1. The van der Waals surface area contributed by atoms with Gasteiger partial charge in [0.25, 0.3) is 11.5 Å². The fourth-order valence-electron chi connectivity index (χ4n) is 4.23. The molecule has 3 N–H and O–H groups in total. The van der Waals surface area contributed by atoms with E-state index in [2.05, 4.69) is 27.4 Å². The van der Waals surface area contributed by atoms with Gasteiger partial charge in [-0.2, -0.15) is 5.26 Å². The first-order chi connectivity index (χ1) is 20.0. The predicted octanol–water partition coefficient (Wildman–Crippen LogP) is 1.03. The Morgan fingerprint density at radius 1 is 1.10 bits per heavy atom. The average molecular weight is 592 g/mol. The van der Waals surface area contributed by atoms with Crippen molar-refractivity contribution in [3.8, 4) is 6.07 Å². The lowest BCUT2D eigenvalue weighted by Gasteiger charge is -2.37. The number of piperazine rings is 1. The summed E-state index contributed by atoms with van der Waals surface area (Å²) < 4.78 is 2.07. The molecule has 1 fully saturated rings. The Kier molecular flexibility index (Phi) is 11.1. The van der Waals surface area contributed by atoms with E-state index in [4.69, 9.17) is 0 Å². The molecule has 11 nitrogen and oxygen atoms in total. The topological polar surface area (TPSA) is 140 Å². The zero-order valence-electron chi connectivity index (χ0n) is 24.7. The molecule has 0 spiro atoms. The smallest absolute Gasteiger partial charge is 0.277 e. The highest BCUT2D eigenvalue weighted by Gasteiger charge is 2.30. The maximum absolute atomic E-state index is 12.8. The largest absolute Gasteiger partial charge is 0.355 e. The van der Waals surface area contributed by atoms with E-state index in [-0.39, 0.29) is 34.0 Å². The monoisotopic (exact) mass is 591 g/mol. The number of carbonyl (C=O) groups excluding carboxylic acids is 3. The number of aromatic nitrogens is 1. The summed E-state index contributed by atoms with van der Waals surface area (Å²) >= 11 is 1.08. The maximum atomic E-state index is 12.8. The molecule has 12 heteroatoms. The molecule has 222 valence electrons. The highest BCUT2D eigenvalue weighted by molar-refractivity contribution is 7.07. The van der Waals surface area contributed by atoms with Crippen molar-refractivity contribution in [2.75, 3.05) is 49.9 Å². The zero-order valence-corrected chi connectivity index (χ0v) is 25.5. The van der Waals surface area contributed by atoms with E-state index >= 15 is 0 Å². The Morgan fingerprint density at radius 3 is 2.40 bits per heavy atom. The minimum atomic E-state index is -0.548. The van der Waals surface area contributed by atoms with E-state index in [9.17, 15) is 24.4 Å². The highest BCUT2D eigenvalue weighted by Crippen LogP contribution is 2.19. The number of benzene rings is 1. The molecule has 1 aliphatic heterocycles. The third-order valence-corrected chi connectivity index (χ3v) is 7.38. The first-order valence-electron chi connectivity index (χ1n) is 13.8. The van der Waals surface area contributed by atoms with Crippen molar-refractivity contribution in [1.29, 1.82) is 5.26 Å². The van der Waals surface area contributed by atoms with Crippen LogP contribution < -0.4 is 30.7 Å². The number of nitrogens with zero attached hydrogens (tertiary/aromatic N) is 4. The van der Waals surface area contributed by atoms with Crippen LogP contribution in [-0.4, -0.2) is 71.4 Å². The number of likely N-dealkylation sites (N-methyl/N-ethyl adjacent to an activating group) is 1. The Balaban J connectivity index is 1.69. The molecule has 1 aliphatic rings. The van der Waals surface area contributed by atoms with E-state index in [1.807, 2.05) is 42.7 Å². The van der Waals surface area contributed by atoms with Crippen LogP contribution in [-0.2, 0) is 20.9 Å². The van der Waals surface area contributed by atoms with Crippen LogP contribution in [0.1, 0.15) is 34.6 Å². The van der Waals surface area contributed by atoms with Crippen molar-refractivity contribution in [1.82, 2.24) is 19.7 Å². The second-order valence-corrected chi connectivity index (χ2v) is 11.6. The van der Waals surface area contributed by atoms with Gasteiger partial charge < -0.3 is 20.9 Å². The molecule has 1 aromatic heterocycles. The minimum Gasteiger partial charge on any atom is -0.355 e. The molecular weight excluding hydrogens is 554 g/mol. The average Bonchev–Trinajstić information content (AvgIpc) is 3.25. The minimum absolute atomic E-state index is 0.123. The third-order valence-electron chi connectivity index (χ3n) is 6.36. The van der Waals surface area contributed by atoms with Gasteiger partial charge in [-0.05, 0) is 32.0 Å². The Morgan fingerprint density at radius 2 is 1.79 bits per heavy atom. The van der Waals surface area contributed by atoms with Gasteiger partial charge in [0.2, 0.25) is 11.8 Å². The van der Waals surface area contributed by atoms with E-state index < -0.39 is 11.3 Å². The molecule has 3 amide bonds. The SMILES string of the molecule is CCNC(=O)C(=C=c1sc(=C=CNc2cccc(NC(=O)CN3CCN(C(=O)C(C)(C)C)CC3)c2)c(=O)n1CC)C#N. The van der Waals surface area contributed by atoms with E-state index in [1.54, 1.807) is 32.0 Å². The number of carbonyl (C=O) groups is 3. The van der Waals surface area contributed by atoms with Gasteiger partial charge >= 0.3 is 0 Å². The molecule has 2 heterocycles. The summed E-state index contributed by atoms with van der Waals surface area (Å²) in [5.41, 5.74) is 6.05. The summed E-state index contributed by atoms with van der Waals surface area (Å²) in [5.74, 6) is -0.573. The van der Waals surface area contributed by atoms with Crippen molar-refractivity contribution >= 4 is 51.9 Å². The molecule has 1 aromatic carbocycles. The van der Waals surface area contributed by atoms with E-state index in [1.165, 1.54) is 10.8 Å². The summed E-state index contributed by atoms with van der Waals surface area (Å²) in [6.45, 7) is 12.7. The number of hydrogen-bond donors (Lipinski definition) is 3. The molecule has 0 aliphatic carbocycles. The van der Waals surface area contributed by atoms with Gasteiger partial charge in [-0.25, -0.2) is 0 Å². The van der Waals surface area contributed by atoms with Gasteiger partial charge in [0, 0.05) is 62.3 Å². The molecule has 0 bridgehead atoms. The van der Waals surface area contributed by atoms with E-state index in [0.717, 1.165) is 11.3 Å². The van der Waals surface area contributed by atoms with Crippen molar-refractivity contribution < 1.29 is 14.4 Å². The summed E-state index contributed by atoms with van der Waals surface area (Å²) in [7, 11) is 0. The summed E-state index contributed by atoms with van der Waals surface area (Å²) in [6, 6.07) is 8.98. The molecule has 0 atom stereocenters. The second kappa shape index (κ2) is 14.5.